The van der Waals surface area contributed by atoms with Crippen LogP contribution in [-0.2, 0) is 12.8 Å². The molecule has 0 amide bonds. The van der Waals surface area contributed by atoms with E-state index in [2.05, 4.69) is 28.1 Å². The molecule has 1 aliphatic carbocycles. The van der Waals surface area contributed by atoms with Crippen molar-refractivity contribution >= 4 is 27.4 Å². The highest BCUT2D eigenvalue weighted by Gasteiger charge is 2.22. The maximum absolute atomic E-state index is 5.30. The predicted molar refractivity (Wildman–Crippen MR) is 75.9 cm³/mol. The van der Waals surface area contributed by atoms with Crippen LogP contribution in [0.4, 0.5) is 5.82 Å². The molecule has 0 fully saturated rings. The lowest BCUT2D eigenvalue weighted by Gasteiger charge is -2.18. The Kier molecular flexibility index (Phi) is 2.92. The molecule has 3 rings (SSSR count). The minimum Gasteiger partial charge on any atom is -0.359 e. The van der Waals surface area contributed by atoms with Gasteiger partial charge in [0, 0.05) is 4.88 Å². The van der Waals surface area contributed by atoms with Crippen LogP contribution in [0, 0.1) is 18.3 Å². The summed E-state index contributed by atoms with van der Waals surface area (Å²) in [4.78, 5) is 11.3. The zero-order valence-electron chi connectivity index (χ0n) is 10.4. The van der Waals surface area contributed by atoms with E-state index in [1.54, 1.807) is 6.33 Å². The fourth-order valence-electron chi connectivity index (χ4n) is 2.54. The molecule has 0 saturated heterocycles. The number of nitrogens with zero attached hydrogens (tertiary/aromatic N) is 2. The number of aromatic nitrogens is 2. The minimum absolute atomic E-state index is 0.507. The van der Waals surface area contributed by atoms with Crippen molar-refractivity contribution in [3.8, 4) is 12.3 Å². The molecule has 1 N–H and O–H groups in total. The second kappa shape index (κ2) is 4.58. The average Bonchev–Trinajstić information content (AvgIpc) is 2.73. The van der Waals surface area contributed by atoms with E-state index in [4.69, 9.17) is 6.42 Å². The number of anilines is 1. The lowest BCUT2D eigenvalue weighted by Crippen LogP contribution is -2.09. The first kappa shape index (κ1) is 11.5. The number of hydrogen-bond acceptors (Lipinski definition) is 4. The van der Waals surface area contributed by atoms with E-state index >= 15 is 0 Å². The highest BCUT2D eigenvalue weighted by molar-refractivity contribution is 7.19. The Morgan fingerprint density at radius 3 is 3.28 bits per heavy atom. The van der Waals surface area contributed by atoms with Crippen molar-refractivity contribution in [2.24, 2.45) is 5.92 Å². The van der Waals surface area contributed by atoms with E-state index in [0.717, 1.165) is 23.0 Å². The van der Waals surface area contributed by atoms with Crippen LogP contribution in [0.3, 0.4) is 0 Å². The number of hydrogen-bond donors (Lipinski definition) is 1. The van der Waals surface area contributed by atoms with Crippen LogP contribution in [-0.4, -0.2) is 16.5 Å². The number of fused-ring (bicyclic) bond motifs is 3. The predicted octanol–water partition coefficient (Wildman–Crippen LogP) is 2.86. The summed E-state index contributed by atoms with van der Waals surface area (Å²) >= 11 is 1.81. The van der Waals surface area contributed by atoms with E-state index in [0.29, 0.717) is 6.54 Å². The fourth-order valence-corrected chi connectivity index (χ4v) is 3.89. The summed E-state index contributed by atoms with van der Waals surface area (Å²) in [6.07, 6.45) is 10.5. The van der Waals surface area contributed by atoms with Crippen molar-refractivity contribution in [1.29, 1.82) is 0 Å². The second-order valence-electron chi connectivity index (χ2n) is 4.81. The Bertz CT molecular complexity index is 624. The van der Waals surface area contributed by atoms with Crippen molar-refractivity contribution < 1.29 is 0 Å². The van der Waals surface area contributed by atoms with E-state index in [9.17, 15) is 0 Å². The van der Waals surface area contributed by atoms with Crippen molar-refractivity contribution in [2.75, 3.05) is 11.9 Å². The fraction of sp³-hybridized carbons (Fsp3) is 0.429. The summed E-state index contributed by atoms with van der Waals surface area (Å²) in [5.41, 5.74) is 1.44. The molecule has 4 heteroatoms. The Labute approximate surface area is 111 Å². The molecule has 0 radical (unpaired) electrons. The lowest BCUT2D eigenvalue weighted by atomic mass is 9.89. The highest BCUT2D eigenvalue weighted by atomic mass is 32.1. The summed E-state index contributed by atoms with van der Waals surface area (Å²) in [5, 5.41) is 4.40. The van der Waals surface area contributed by atoms with Gasteiger partial charge in [-0.2, -0.15) is 0 Å². The van der Waals surface area contributed by atoms with Gasteiger partial charge in [0.25, 0.3) is 0 Å². The Morgan fingerprint density at radius 2 is 2.44 bits per heavy atom. The third kappa shape index (κ3) is 1.85. The van der Waals surface area contributed by atoms with E-state index in [1.165, 1.54) is 28.7 Å². The van der Waals surface area contributed by atoms with Gasteiger partial charge in [-0.25, -0.2) is 9.97 Å². The topological polar surface area (TPSA) is 37.8 Å². The van der Waals surface area contributed by atoms with Crippen LogP contribution < -0.4 is 5.32 Å². The molecule has 0 unspecified atom stereocenters. The zero-order valence-corrected chi connectivity index (χ0v) is 11.2. The van der Waals surface area contributed by atoms with Gasteiger partial charge < -0.3 is 5.32 Å². The number of thiophene rings is 1. The van der Waals surface area contributed by atoms with Gasteiger partial charge in [-0.05, 0) is 30.7 Å². The highest BCUT2D eigenvalue weighted by Crippen LogP contribution is 2.39. The maximum Gasteiger partial charge on any atom is 0.139 e. The SMILES string of the molecule is C#CCNc1ncnc2sc3c(c12)CC[C@H](C)C3. The molecule has 0 bridgehead atoms. The molecule has 3 nitrogen and oxygen atoms in total. The third-order valence-electron chi connectivity index (χ3n) is 3.45. The number of rotatable bonds is 2. The van der Waals surface area contributed by atoms with E-state index in [1.807, 2.05) is 11.3 Å². The van der Waals surface area contributed by atoms with Crippen molar-refractivity contribution in [2.45, 2.75) is 26.2 Å². The molecule has 1 aliphatic rings. The van der Waals surface area contributed by atoms with Gasteiger partial charge in [0.1, 0.15) is 17.0 Å². The summed E-state index contributed by atoms with van der Waals surface area (Å²) in [6, 6.07) is 0. The molecule has 0 aliphatic heterocycles. The molecule has 0 saturated carbocycles. The van der Waals surface area contributed by atoms with Gasteiger partial charge in [0.2, 0.25) is 0 Å². The van der Waals surface area contributed by atoms with Gasteiger partial charge >= 0.3 is 0 Å². The van der Waals surface area contributed by atoms with Crippen molar-refractivity contribution in [3.05, 3.63) is 16.8 Å². The molecule has 1 atom stereocenters. The van der Waals surface area contributed by atoms with Gasteiger partial charge in [0.15, 0.2) is 0 Å². The number of aryl methyl sites for hydroxylation is 1. The monoisotopic (exact) mass is 257 g/mol. The number of nitrogens with one attached hydrogen (secondary N) is 1. The van der Waals surface area contributed by atoms with Gasteiger partial charge in [-0.15, -0.1) is 17.8 Å². The first-order chi connectivity index (χ1) is 8.79. The standard InChI is InChI=1S/C14H15N3S/c1-3-6-15-13-12-10-5-4-9(2)7-11(10)18-14(12)17-8-16-13/h1,8-9H,4-7H2,2H3,(H,15,16,17)/t9-/m0/s1. The van der Waals surface area contributed by atoms with Crippen LogP contribution in [0.5, 0.6) is 0 Å². The molecule has 0 spiro atoms. The molecule has 92 valence electrons. The summed E-state index contributed by atoms with van der Waals surface area (Å²) in [5.74, 6) is 4.26. The van der Waals surface area contributed by atoms with Crippen molar-refractivity contribution in [1.82, 2.24) is 9.97 Å². The van der Waals surface area contributed by atoms with Crippen LogP contribution in [0.2, 0.25) is 0 Å². The molecule has 2 aromatic heterocycles. The van der Waals surface area contributed by atoms with Crippen LogP contribution in [0.1, 0.15) is 23.8 Å². The van der Waals surface area contributed by atoms with Crippen molar-refractivity contribution in [3.63, 3.8) is 0 Å². The van der Waals surface area contributed by atoms with Gasteiger partial charge in [-0.1, -0.05) is 12.8 Å². The van der Waals surface area contributed by atoms with E-state index in [-0.39, 0.29) is 0 Å². The van der Waals surface area contributed by atoms with Crippen LogP contribution in [0.15, 0.2) is 6.33 Å². The minimum atomic E-state index is 0.507. The summed E-state index contributed by atoms with van der Waals surface area (Å²) in [6.45, 7) is 2.82. The largest absolute Gasteiger partial charge is 0.359 e. The van der Waals surface area contributed by atoms with Crippen LogP contribution in [0.25, 0.3) is 10.2 Å². The Balaban J connectivity index is 2.12. The van der Waals surface area contributed by atoms with E-state index < -0.39 is 0 Å². The van der Waals surface area contributed by atoms with Gasteiger partial charge in [0.05, 0.1) is 11.9 Å². The summed E-state index contributed by atoms with van der Waals surface area (Å²) < 4.78 is 0. The first-order valence-corrected chi connectivity index (χ1v) is 7.04. The smallest absolute Gasteiger partial charge is 0.139 e. The average molecular weight is 257 g/mol. The molecule has 2 aromatic rings. The molecule has 18 heavy (non-hydrogen) atoms. The Hall–Kier alpha value is -1.60. The lowest BCUT2D eigenvalue weighted by molar-refractivity contribution is 0.509. The van der Waals surface area contributed by atoms with Crippen LogP contribution >= 0.6 is 11.3 Å². The zero-order chi connectivity index (χ0) is 12.5. The van der Waals surface area contributed by atoms with Gasteiger partial charge in [-0.3, -0.25) is 0 Å². The molecular formula is C14H15N3S. The Morgan fingerprint density at radius 1 is 1.56 bits per heavy atom. The maximum atomic E-state index is 5.30. The third-order valence-corrected chi connectivity index (χ3v) is 4.61. The number of terminal acetylenes is 1. The molecule has 2 heterocycles. The molecule has 0 aromatic carbocycles. The summed E-state index contributed by atoms with van der Waals surface area (Å²) in [7, 11) is 0. The normalized spacial score (nSPS) is 18.3. The quantitative estimate of drug-likeness (QED) is 0.841. The second-order valence-corrected chi connectivity index (χ2v) is 5.90. The first-order valence-electron chi connectivity index (χ1n) is 6.22. The molecular weight excluding hydrogens is 242 g/mol.